The third-order valence-electron chi connectivity index (χ3n) is 3.48. The van der Waals surface area contributed by atoms with Crippen LogP contribution in [0.2, 0.25) is 0 Å². The molecule has 0 radical (unpaired) electrons. The van der Waals surface area contributed by atoms with Crippen LogP contribution in [0.25, 0.3) is 0 Å². The standard InChI is InChI=1S/C12H18N3O3S/c1-13-6-7-14(10-13)11(16)19-15-4-2-12(3-5-15)17-8-9-18-12/h6-7,10H,2-5,8-9H2,1H3/q+1. The maximum atomic E-state index is 12.0. The van der Waals surface area contributed by atoms with Gasteiger partial charge in [-0.25, -0.2) is 13.7 Å². The van der Waals surface area contributed by atoms with Crippen LogP contribution in [-0.2, 0) is 16.5 Å². The highest BCUT2D eigenvalue weighted by Crippen LogP contribution is 2.33. The maximum Gasteiger partial charge on any atom is 0.388 e. The Bertz CT molecular complexity index is 461. The zero-order valence-corrected chi connectivity index (χ0v) is 11.8. The lowest BCUT2D eigenvalue weighted by atomic mass is 10.1. The zero-order valence-electron chi connectivity index (χ0n) is 10.9. The molecule has 0 N–H and O–H groups in total. The third kappa shape index (κ3) is 2.84. The van der Waals surface area contributed by atoms with E-state index in [2.05, 4.69) is 4.31 Å². The van der Waals surface area contributed by atoms with E-state index < -0.39 is 0 Å². The van der Waals surface area contributed by atoms with Crippen molar-refractivity contribution in [2.75, 3.05) is 26.3 Å². The van der Waals surface area contributed by atoms with Gasteiger partial charge in [0.1, 0.15) is 12.4 Å². The van der Waals surface area contributed by atoms with Gasteiger partial charge in [0.2, 0.25) is 0 Å². The first kappa shape index (κ1) is 13.1. The van der Waals surface area contributed by atoms with Crippen molar-refractivity contribution in [2.24, 2.45) is 7.05 Å². The molecule has 7 heteroatoms. The monoisotopic (exact) mass is 284 g/mol. The summed E-state index contributed by atoms with van der Waals surface area (Å²) in [6, 6.07) is 0. The Morgan fingerprint density at radius 2 is 2.00 bits per heavy atom. The lowest BCUT2D eigenvalue weighted by molar-refractivity contribution is -0.670. The fourth-order valence-electron chi connectivity index (χ4n) is 2.42. The predicted molar refractivity (Wildman–Crippen MR) is 69.4 cm³/mol. The Balaban J connectivity index is 1.53. The van der Waals surface area contributed by atoms with Gasteiger partial charge in [-0.1, -0.05) is 0 Å². The molecule has 19 heavy (non-hydrogen) atoms. The van der Waals surface area contributed by atoms with Crippen molar-refractivity contribution in [3.8, 4) is 0 Å². The lowest BCUT2D eigenvalue weighted by Crippen LogP contribution is -2.43. The average Bonchev–Trinajstić information content (AvgIpc) is 3.02. The third-order valence-corrected chi connectivity index (χ3v) is 4.48. The molecule has 104 valence electrons. The van der Waals surface area contributed by atoms with Crippen molar-refractivity contribution in [3.63, 3.8) is 0 Å². The number of aromatic nitrogens is 2. The fraction of sp³-hybridized carbons (Fsp3) is 0.667. The van der Waals surface area contributed by atoms with Crippen LogP contribution in [-0.4, -0.2) is 46.2 Å². The molecule has 2 aliphatic heterocycles. The molecule has 0 atom stereocenters. The van der Waals surface area contributed by atoms with Crippen LogP contribution < -0.4 is 4.57 Å². The Labute approximate surface area is 116 Å². The van der Waals surface area contributed by atoms with Crippen LogP contribution >= 0.6 is 11.9 Å². The van der Waals surface area contributed by atoms with Crippen molar-refractivity contribution in [3.05, 3.63) is 18.7 Å². The first-order valence-corrected chi connectivity index (χ1v) is 7.23. The number of rotatable bonds is 1. The van der Waals surface area contributed by atoms with E-state index in [1.54, 1.807) is 17.1 Å². The van der Waals surface area contributed by atoms with Crippen LogP contribution in [0.15, 0.2) is 18.7 Å². The first-order valence-electron chi connectivity index (χ1n) is 6.45. The van der Waals surface area contributed by atoms with Gasteiger partial charge in [0, 0.05) is 37.9 Å². The Kier molecular flexibility index (Phi) is 3.62. The topological polar surface area (TPSA) is 47.6 Å². The van der Waals surface area contributed by atoms with Crippen LogP contribution in [0.1, 0.15) is 12.8 Å². The molecule has 6 nitrogen and oxygen atoms in total. The average molecular weight is 284 g/mol. The van der Waals surface area contributed by atoms with E-state index in [9.17, 15) is 4.79 Å². The van der Waals surface area contributed by atoms with Crippen LogP contribution in [0.5, 0.6) is 0 Å². The Morgan fingerprint density at radius 1 is 1.32 bits per heavy atom. The summed E-state index contributed by atoms with van der Waals surface area (Å²) in [7, 11) is 1.90. The van der Waals surface area contributed by atoms with Gasteiger partial charge in [0.15, 0.2) is 5.79 Å². The highest BCUT2D eigenvalue weighted by Gasteiger charge is 2.40. The van der Waals surface area contributed by atoms with Gasteiger partial charge in [-0.05, 0) is 0 Å². The summed E-state index contributed by atoms with van der Waals surface area (Å²) in [5.74, 6) is -0.375. The van der Waals surface area contributed by atoms with E-state index in [1.165, 1.54) is 11.9 Å². The summed E-state index contributed by atoms with van der Waals surface area (Å²) in [6.07, 6.45) is 7.04. The van der Waals surface area contributed by atoms with Gasteiger partial charge in [-0.15, -0.1) is 0 Å². The lowest BCUT2D eigenvalue weighted by Gasteiger charge is -2.35. The second-order valence-corrected chi connectivity index (χ2v) is 5.93. The molecular formula is C12H18N3O3S+. The molecule has 3 heterocycles. The molecule has 1 aromatic heterocycles. The van der Waals surface area contributed by atoms with Gasteiger partial charge in [0.05, 0.1) is 20.3 Å². The summed E-state index contributed by atoms with van der Waals surface area (Å²) < 4.78 is 16.9. The number of hydrogen-bond acceptors (Lipinski definition) is 5. The number of carbonyl (C=O) groups is 1. The number of hydrogen-bond donors (Lipinski definition) is 0. The van der Waals surface area contributed by atoms with Gasteiger partial charge < -0.3 is 9.47 Å². The molecule has 1 spiro atoms. The van der Waals surface area contributed by atoms with Crippen molar-refractivity contribution < 1.29 is 18.8 Å². The highest BCUT2D eigenvalue weighted by atomic mass is 32.2. The molecule has 2 saturated heterocycles. The Hall–Kier alpha value is -0.890. The molecule has 0 bridgehead atoms. The number of ether oxygens (including phenoxy) is 2. The minimum Gasteiger partial charge on any atom is -0.347 e. The zero-order chi connectivity index (χ0) is 13.3. The molecule has 0 unspecified atom stereocenters. The molecule has 0 saturated carbocycles. The van der Waals surface area contributed by atoms with E-state index in [0.29, 0.717) is 13.2 Å². The van der Waals surface area contributed by atoms with Gasteiger partial charge in [-0.2, -0.15) is 4.57 Å². The van der Waals surface area contributed by atoms with Crippen LogP contribution in [0.3, 0.4) is 0 Å². The van der Waals surface area contributed by atoms with Gasteiger partial charge in [-0.3, -0.25) is 0 Å². The molecule has 1 aromatic rings. The van der Waals surface area contributed by atoms with Gasteiger partial charge in [0.25, 0.3) is 6.33 Å². The summed E-state index contributed by atoms with van der Waals surface area (Å²) in [6.45, 7) is 2.99. The molecule has 0 aromatic carbocycles. The molecule has 0 amide bonds. The summed E-state index contributed by atoms with van der Waals surface area (Å²) in [5, 5.41) is 0.0183. The number of imidazole rings is 1. The molecule has 2 aliphatic rings. The number of nitrogens with zero attached hydrogens (tertiary/aromatic N) is 3. The smallest absolute Gasteiger partial charge is 0.347 e. The first-order chi connectivity index (χ1) is 9.17. The minimum absolute atomic E-state index is 0.0183. The van der Waals surface area contributed by atoms with Crippen molar-refractivity contribution >= 4 is 17.2 Å². The van der Waals surface area contributed by atoms with Gasteiger partial charge >= 0.3 is 5.24 Å². The van der Waals surface area contributed by atoms with Crippen molar-refractivity contribution in [1.82, 2.24) is 8.87 Å². The van der Waals surface area contributed by atoms with Crippen molar-refractivity contribution in [1.29, 1.82) is 0 Å². The molecule has 0 aliphatic carbocycles. The van der Waals surface area contributed by atoms with Crippen molar-refractivity contribution in [2.45, 2.75) is 18.6 Å². The SMILES string of the molecule is C[n+]1ccn(C(=O)SN2CCC3(CC2)OCCO3)c1. The second-order valence-electron chi connectivity index (χ2n) is 4.88. The van der Waals surface area contributed by atoms with E-state index in [4.69, 9.17) is 9.47 Å². The predicted octanol–water partition coefficient (Wildman–Crippen LogP) is 0.768. The van der Waals surface area contributed by atoms with Crippen LogP contribution in [0, 0.1) is 0 Å². The Morgan fingerprint density at radius 3 is 2.58 bits per heavy atom. The fourth-order valence-corrected chi connectivity index (χ4v) is 3.21. The summed E-state index contributed by atoms with van der Waals surface area (Å²) in [4.78, 5) is 12.0. The molecular weight excluding hydrogens is 266 g/mol. The van der Waals surface area contributed by atoms with E-state index in [-0.39, 0.29) is 11.0 Å². The normalized spacial score (nSPS) is 23.0. The maximum absolute atomic E-state index is 12.0. The number of aryl methyl sites for hydroxylation is 1. The molecule has 3 rings (SSSR count). The van der Waals surface area contributed by atoms with E-state index >= 15 is 0 Å². The van der Waals surface area contributed by atoms with E-state index in [1.807, 2.05) is 17.8 Å². The highest BCUT2D eigenvalue weighted by molar-refractivity contribution is 8.11. The number of carbonyl (C=O) groups excluding carboxylic acids is 1. The molecule has 2 fully saturated rings. The summed E-state index contributed by atoms with van der Waals surface area (Å²) >= 11 is 1.26. The number of piperidine rings is 1. The summed E-state index contributed by atoms with van der Waals surface area (Å²) in [5.41, 5.74) is 0. The minimum atomic E-state index is -0.375. The quantitative estimate of drug-likeness (QED) is 0.563. The largest absolute Gasteiger partial charge is 0.388 e. The van der Waals surface area contributed by atoms with Crippen LogP contribution in [0.4, 0.5) is 4.79 Å². The second kappa shape index (κ2) is 5.24. The van der Waals surface area contributed by atoms with E-state index in [0.717, 1.165) is 25.9 Å².